The topological polar surface area (TPSA) is 52.0 Å². The number of unbranched alkanes of at least 4 members (excludes halogenated alkanes) is 17. The van der Waals surface area contributed by atoms with Crippen molar-refractivity contribution >= 4 is 11.4 Å². The summed E-state index contributed by atoms with van der Waals surface area (Å²) in [6.45, 7) is 11.4. The molecular weight excluding hydrogens is 689 g/mol. The fourth-order valence-corrected chi connectivity index (χ4v) is 9.37. The van der Waals surface area contributed by atoms with E-state index in [-0.39, 0.29) is 0 Å². The summed E-state index contributed by atoms with van der Waals surface area (Å²) in [5.74, 6) is 1.20. The molecule has 57 heavy (non-hydrogen) atoms. The van der Waals surface area contributed by atoms with E-state index in [1.165, 1.54) is 192 Å². The van der Waals surface area contributed by atoms with Crippen molar-refractivity contribution in [1.82, 2.24) is 0 Å². The van der Waals surface area contributed by atoms with E-state index < -0.39 is 0 Å². The molecule has 0 spiro atoms. The molecule has 0 heterocycles. The average Bonchev–Trinajstić information content (AvgIpc) is 3.21. The number of rotatable bonds is 29. The Hall–Kier alpha value is -3.52. The van der Waals surface area contributed by atoms with Gasteiger partial charge in [0.15, 0.2) is 0 Å². The normalized spacial score (nSPS) is 13.1. The predicted molar refractivity (Wildman–Crippen MR) is 253 cm³/mol. The molecule has 2 unspecified atom stereocenters. The first-order valence-corrected chi connectivity index (χ1v) is 23.8. The number of nitrogens with two attached hydrogens (primary N) is 2. The van der Waals surface area contributed by atoms with Gasteiger partial charge in [-0.25, -0.2) is 0 Å². The molecular formula is C55H82N2. The summed E-state index contributed by atoms with van der Waals surface area (Å²) in [4.78, 5) is 0. The number of hydrogen-bond acceptors (Lipinski definition) is 2. The molecule has 4 rings (SSSR count). The van der Waals surface area contributed by atoms with E-state index in [9.17, 15) is 0 Å². The Labute approximate surface area is 351 Å². The molecule has 0 amide bonds. The van der Waals surface area contributed by atoms with Crippen LogP contribution in [-0.2, 0) is 0 Å². The lowest BCUT2D eigenvalue weighted by atomic mass is 9.80. The van der Waals surface area contributed by atoms with Crippen molar-refractivity contribution in [2.24, 2.45) is 0 Å². The molecule has 2 heteroatoms. The maximum atomic E-state index is 6.23. The van der Waals surface area contributed by atoms with Crippen LogP contribution in [0, 0.1) is 13.8 Å². The third-order valence-electron chi connectivity index (χ3n) is 12.9. The second-order valence-electron chi connectivity index (χ2n) is 17.6. The monoisotopic (exact) mass is 771 g/mol. The van der Waals surface area contributed by atoms with Gasteiger partial charge in [-0.3, -0.25) is 0 Å². The quantitative estimate of drug-likeness (QED) is 0.0427. The molecule has 4 aromatic rings. The number of aryl methyl sites for hydroxylation is 2. The summed E-state index contributed by atoms with van der Waals surface area (Å²) in [7, 11) is 0. The maximum absolute atomic E-state index is 6.23. The molecule has 0 saturated heterocycles. The first kappa shape index (κ1) is 46.2. The lowest BCUT2D eigenvalue weighted by molar-refractivity contribution is 0.550. The largest absolute Gasteiger partial charge is 0.399 e. The second kappa shape index (κ2) is 26.5. The summed E-state index contributed by atoms with van der Waals surface area (Å²) >= 11 is 0. The second-order valence-corrected chi connectivity index (χ2v) is 17.6. The lowest BCUT2D eigenvalue weighted by Gasteiger charge is -2.24. The van der Waals surface area contributed by atoms with Crippen LogP contribution in [0.25, 0.3) is 0 Å². The van der Waals surface area contributed by atoms with Gasteiger partial charge in [-0.15, -0.1) is 0 Å². The molecule has 0 aliphatic heterocycles. The van der Waals surface area contributed by atoms with Crippen molar-refractivity contribution in [2.75, 3.05) is 11.5 Å². The zero-order chi connectivity index (χ0) is 40.7. The van der Waals surface area contributed by atoms with E-state index in [4.69, 9.17) is 11.5 Å². The minimum absolute atomic E-state index is 0.400. The molecule has 4 N–H and O–H groups in total. The van der Waals surface area contributed by atoms with E-state index in [0.29, 0.717) is 17.8 Å². The molecule has 0 aromatic heterocycles. The fourth-order valence-electron chi connectivity index (χ4n) is 9.37. The van der Waals surface area contributed by atoms with Crippen molar-refractivity contribution in [3.63, 3.8) is 0 Å². The fraction of sp³-hybridized carbons (Fsp3) is 0.564. The summed E-state index contributed by atoms with van der Waals surface area (Å²) in [5.41, 5.74) is 25.5. The van der Waals surface area contributed by atoms with Crippen molar-refractivity contribution in [1.29, 1.82) is 0 Å². The van der Waals surface area contributed by atoms with Gasteiger partial charge < -0.3 is 11.5 Å². The molecule has 0 bridgehead atoms. The predicted octanol–water partition coefficient (Wildman–Crippen LogP) is 16.9. The van der Waals surface area contributed by atoms with Crippen LogP contribution in [0.5, 0.6) is 0 Å². The maximum Gasteiger partial charge on any atom is 0.0316 e. The van der Waals surface area contributed by atoms with E-state index in [2.05, 4.69) is 120 Å². The number of benzene rings is 4. The Morgan fingerprint density at radius 2 is 0.596 bits per heavy atom. The Balaban J connectivity index is 1.58. The number of nitrogen functional groups attached to an aromatic ring is 2. The highest BCUT2D eigenvalue weighted by atomic mass is 14.5. The van der Waals surface area contributed by atoms with Crippen molar-refractivity contribution in [3.8, 4) is 0 Å². The lowest BCUT2D eigenvalue weighted by Crippen LogP contribution is -2.07. The zero-order valence-corrected chi connectivity index (χ0v) is 37.2. The van der Waals surface area contributed by atoms with Gasteiger partial charge in [0.2, 0.25) is 0 Å². The molecule has 312 valence electrons. The van der Waals surface area contributed by atoms with Gasteiger partial charge in [0.05, 0.1) is 0 Å². The van der Waals surface area contributed by atoms with Crippen LogP contribution in [0.15, 0.2) is 84.9 Å². The number of anilines is 2. The first-order chi connectivity index (χ1) is 27.9. The van der Waals surface area contributed by atoms with Crippen molar-refractivity contribution < 1.29 is 0 Å². The van der Waals surface area contributed by atoms with Crippen LogP contribution in [0.3, 0.4) is 0 Å². The van der Waals surface area contributed by atoms with Gasteiger partial charge in [0.1, 0.15) is 0 Å². The van der Waals surface area contributed by atoms with Gasteiger partial charge in [-0.1, -0.05) is 210 Å². The van der Waals surface area contributed by atoms with Gasteiger partial charge in [0.25, 0.3) is 0 Å². The SMILES string of the molecule is CCCCCCCCCCC(c1ccc(C(CCCCCCCC)c2ccc(N)cc2C)cc1)c1ccc(C(CCCCCCCC)c2ccc(N)cc2C)cc1. The third kappa shape index (κ3) is 15.6. The summed E-state index contributed by atoms with van der Waals surface area (Å²) in [5, 5.41) is 0. The molecule has 4 aromatic carbocycles. The van der Waals surface area contributed by atoms with Gasteiger partial charge >= 0.3 is 0 Å². The molecule has 2 atom stereocenters. The Morgan fingerprint density at radius 1 is 0.333 bits per heavy atom. The third-order valence-corrected chi connectivity index (χ3v) is 12.9. The van der Waals surface area contributed by atoms with Gasteiger partial charge in [-0.05, 0) is 102 Å². The summed E-state index contributed by atoms with van der Waals surface area (Å²) < 4.78 is 0. The molecule has 0 fully saturated rings. The number of hydrogen-bond donors (Lipinski definition) is 2. The van der Waals surface area contributed by atoms with Crippen LogP contribution < -0.4 is 11.5 Å². The summed E-state index contributed by atoms with van der Waals surface area (Å²) in [6.07, 6.45) is 30.3. The smallest absolute Gasteiger partial charge is 0.0316 e. The minimum Gasteiger partial charge on any atom is -0.399 e. The van der Waals surface area contributed by atoms with Gasteiger partial charge in [-0.2, -0.15) is 0 Å². The van der Waals surface area contributed by atoms with Crippen molar-refractivity contribution in [3.05, 3.63) is 129 Å². The van der Waals surface area contributed by atoms with Crippen molar-refractivity contribution in [2.45, 2.75) is 200 Å². The minimum atomic E-state index is 0.400. The van der Waals surface area contributed by atoms with E-state index >= 15 is 0 Å². The van der Waals surface area contributed by atoms with Gasteiger partial charge in [0, 0.05) is 29.1 Å². The highest BCUT2D eigenvalue weighted by molar-refractivity contribution is 5.50. The molecule has 0 aliphatic carbocycles. The van der Waals surface area contributed by atoms with Crippen LogP contribution in [-0.4, -0.2) is 0 Å². The Bertz CT molecular complexity index is 1540. The van der Waals surface area contributed by atoms with E-state index in [1.807, 2.05) is 0 Å². The molecule has 0 aliphatic rings. The Morgan fingerprint density at radius 3 is 0.895 bits per heavy atom. The highest BCUT2D eigenvalue weighted by Gasteiger charge is 2.21. The van der Waals surface area contributed by atoms with E-state index in [0.717, 1.165) is 11.4 Å². The zero-order valence-electron chi connectivity index (χ0n) is 37.2. The first-order valence-electron chi connectivity index (χ1n) is 23.8. The average molecular weight is 771 g/mol. The molecule has 0 saturated carbocycles. The molecule has 2 nitrogen and oxygen atoms in total. The highest BCUT2D eigenvalue weighted by Crippen LogP contribution is 2.38. The standard InChI is InChI=1S/C55H82N2/c1-6-9-12-15-18-19-22-23-26-53(45-29-33-47(34-30-45)54(27-24-20-16-13-10-7-2)51-39-37-49(56)41-43(51)4)46-31-35-48(36-32-46)55(28-25-21-17-14-11-8-3)52-40-38-50(57)42-44(52)5/h29-42,53-55H,6-28,56-57H2,1-5H3. The summed E-state index contributed by atoms with van der Waals surface area (Å²) in [6, 6.07) is 32.8. The molecule has 0 radical (unpaired) electrons. The van der Waals surface area contributed by atoms with Crippen LogP contribution in [0.1, 0.15) is 231 Å². The van der Waals surface area contributed by atoms with Crippen LogP contribution in [0.4, 0.5) is 11.4 Å². The van der Waals surface area contributed by atoms with E-state index in [1.54, 1.807) is 0 Å². The van der Waals surface area contributed by atoms with Crippen LogP contribution >= 0.6 is 0 Å². The van der Waals surface area contributed by atoms with Crippen LogP contribution in [0.2, 0.25) is 0 Å². The Kier molecular flexibility index (Phi) is 21.4.